The zero-order valence-electron chi connectivity index (χ0n) is 13.5. The average molecular weight is 352 g/mol. The van der Waals surface area contributed by atoms with Crippen molar-refractivity contribution in [2.75, 3.05) is 0 Å². The predicted molar refractivity (Wildman–Crippen MR) is 100 cm³/mol. The highest BCUT2D eigenvalue weighted by molar-refractivity contribution is 7.71. The van der Waals surface area contributed by atoms with E-state index in [1.165, 1.54) is 10.6 Å². The van der Waals surface area contributed by atoms with Crippen LogP contribution in [0.25, 0.3) is 17.8 Å². The smallest absolute Gasteiger partial charge is 0.262 e. The molecule has 0 unspecified atom stereocenters. The van der Waals surface area contributed by atoms with E-state index in [2.05, 4.69) is 4.98 Å². The standard InChI is InChI=1S/C19H16N2O3S/c1-13-6-4-7-14(12-13)21-18(23)16(17(22)20-19(21)25)10-3-2-8-15-9-5-11-24-15/h2-12,23H,1H3,(H,20,22,25). The van der Waals surface area contributed by atoms with Gasteiger partial charge in [0.1, 0.15) is 11.3 Å². The lowest BCUT2D eigenvalue weighted by Crippen LogP contribution is -2.15. The molecule has 0 aliphatic heterocycles. The van der Waals surface area contributed by atoms with E-state index in [0.29, 0.717) is 11.4 Å². The number of benzene rings is 1. The molecule has 2 heterocycles. The third kappa shape index (κ3) is 3.70. The molecule has 3 aromatic rings. The van der Waals surface area contributed by atoms with E-state index in [1.807, 2.05) is 37.3 Å². The maximum absolute atomic E-state index is 12.1. The van der Waals surface area contributed by atoms with E-state index >= 15 is 0 Å². The van der Waals surface area contributed by atoms with Crippen LogP contribution in [-0.4, -0.2) is 14.7 Å². The van der Waals surface area contributed by atoms with Crippen LogP contribution < -0.4 is 5.56 Å². The number of rotatable bonds is 4. The van der Waals surface area contributed by atoms with E-state index in [9.17, 15) is 9.90 Å². The van der Waals surface area contributed by atoms with Crippen LogP contribution in [0.1, 0.15) is 16.9 Å². The second-order valence-corrected chi connectivity index (χ2v) is 5.79. The van der Waals surface area contributed by atoms with Gasteiger partial charge in [0.25, 0.3) is 5.56 Å². The van der Waals surface area contributed by atoms with Crippen LogP contribution in [0, 0.1) is 11.7 Å². The molecule has 6 heteroatoms. The molecule has 1 aromatic carbocycles. The summed E-state index contributed by atoms with van der Waals surface area (Å²) >= 11 is 5.20. The Hall–Kier alpha value is -3.12. The third-order valence-electron chi connectivity index (χ3n) is 3.56. The van der Waals surface area contributed by atoms with Crippen LogP contribution in [0.15, 0.2) is 64.0 Å². The van der Waals surface area contributed by atoms with Crippen LogP contribution in [0.5, 0.6) is 5.88 Å². The Morgan fingerprint density at radius 2 is 2.00 bits per heavy atom. The largest absolute Gasteiger partial charge is 0.494 e. The molecule has 0 radical (unpaired) electrons. The number of H-pyrrole nitrogens is 1. The fourth-order valence-electron chi connectivity index (χ4n) is 2.38. The lowest BCUT2D eigenvalue weighted by atomic mass is 10.2. The Kier molecular flexibility index (Phi) is 4.81. The molecule has 0 atom stereocenters. The number of nitrogens with zero attached hydrogens (tertiary/aromatic N) is 1. The number of hydrogen-bond donors (Lipinski definition) is 2. The number of aromatic nitrogens is 2. The summed E-state index contributed by atoms with van der Waals surface area (Å²) in [6.07, 6.45) is 8.21. The molecule has 2 N–H and O–H groups in total. The van der Waals surface area contributed by atoms with E-state index < -0.39 is 5.56 Å². The first kappa shape index (κ1) is 16.7. The first-order valence-corrected chi connectivity index (χ1v) is 8.00. The number of furan rings is 1. The minimum absolute atomic E-state index is 0.124. The molecule has 5 nitrogen and oxygen atoms in total. The van der Waals surface area contributed by atoms with Crippen molar-refractivity contribution >= 4 is 24.4 Å². The molecule has 0 fully saturated rings. The van der Waals surface area contributed by atoms with Crippen molar-refractivity contribution in [3.8, 4) is 11.6 Å². The average Bonchev–Trinajstić information content (AvgIpc) is 3.07. The summed E-state index contributed by atoms with van der Waals surface area (Å²) in [5.41, 5.74) is 1.37. The summed E-state index contributed by atoms with van der Waals surface area (Å²) in [5, 5.41) is 10.6. The van der Waals surface area contributed by atoms with Gasteiger partial charge in [-0.25, -0.2) is 0 Å². The summed E-state index contributed by atoms with van der Waals surface area (Å²) in [6.45, 7) is 1.94. The molecular formula is C19H16N2O3S. The van der Waals surface area contributed by atoms with Gasteiger partial charge in [0.2, 0.25) is 5.88 Å². The van der Waals surface area contributed by atoms with E-state index in [1.54, 1.807) is 30.6 Å². The summed E-state index contributed by atoms with van der Waals surface area (Å²) in [4.78, 5) is 14.7. The summed E-state index contributed by atoms with van der Waals surface area (Å²) in [5.74, 6) is 0.487. The molecule has 126 valence electrons. The first-order chi connectivity index (χ1) is 12.1. The SMILES string of the molecule is Cc1cccc(-n2c(O)c(C=CC=Cc3ccco3)c(=O)[nH]c2=S)c1. The van der Waals surface area contributed by atoms with Gasteiger partial charge in [0.15, 0.2) is 4.77 Å². The van der Waals surface area contributed by atoms with Gasteiger partial charge in [0.05, 0.1) is 12.0 Å². The molecule has 0 aliphatic carbocycles. The summed E-state index contributed by atoms with van der Waals surface area (Å²) in [6, 6.07) is 11.1. The Morgan fingerprint density at radius 1 is 1.20 bits per heavy atom. The normalized spacial score (nSPS) is 11.6. The van der Waals surface area contributed by atoms with Crippen molar-refractivity contribution in [1.82, 2.24) is 9.55 Å². The number of aromatic amines is 1. The molecule has 0 spiro atoms. The minimum atomic E-state index is -0.450. The van der Waals surface area contributed by atoms with Gasteiger partial charge < -0.3 is 9.52 Å². The van der Waals surface area contributed by atoms with Crippen molar-refractivity contribution in [2.24, 2.45) is 0 Å². The second-order valence-electron chi connectivity index (χ2n) is 5.40. The Morgan fingerprint density at radius 3 is 2.72 bits per heavy atom. The maximum atomic E-state index is 12.1. The second kappa shape index (κ2) is 7.19. The van der Waals surface area contributed by atoms with Crippen molar-refractivity contribution in [1.29, 1.82) is 0 Å². The van der Waals surface area contributed by atoms with Crippen molar-refractivity contribution in [3.63, 3.8) is 0 Å². The Labute approximate surface area is 149 Å². The highest BCUT2D eigenvalue weighted by atomic mass is 32.1. The number of allylic oxidation sites excluding steroid dienone is 2. The Bertz CT molecular complexity index is 1060. The van der Waals surface area contributed by atoms with E-state index in [-0.39, 0.29) is 16.2 Å². The van der Waals surface area contributed by atoms with Crippen molar-refractivity contribution in [3.05, 3.63) is 86.8 Å². The highest BCUT2D eigenvalue weighted by Gasteiger charge is 2.11. The fraction of sp³-hybridized carbons (Fsp3) is 0.0526. The van der Waals surface area contributed by atoms with E-state index in [4.69, 9.17) is 16.6 Å². The summed E-state index contributed by atoms with van der Waals surface area (Å²) < 4.78 is 6.75. The number of hydrogen-bond acceptors (Lipinski definition) is 4. The zero-order chi connectivity index (χ0) is 17.8. The van der Waals surface area contributed by atoms with Crippen molar-refractivity contribution < 1.29 is 9.52 Å². The first-order valence-electron chi connectivity index (χ1n) is 7.60. The molecule has 0 amide bonds. The number of aryl methyl sites for hydroxylation is 1. The van der Waals surface area contributed by atoms with E-state index in [0.717, 1.165) is 5.56 Å². The van der Waals surface area contributed by atoms with Crippen LogP contribution in [0.2, 0.25) is 0 Å². The van der Waals surface area contributed by atoms with Gasteiger partial charge in [-0.1, -0.05) is 24.3 Å². The van der Waals surface area contributed by atoms with Crippen LogP contribution >= 0.6 is 12.2 Å². The topological polar surface area (TPSA) is 71.2 Å². The predicted octanol–water partition coefficient (Wildman–Crippen LogP) is 4.23. The molecule has 0 bridgehead atoms. The monoisotopic (exact) mass is 352 g/mol. The molecule has 25 heavy (non-hydrogen) atoms. The van der Waals surface area contributed by atoms with Crippen molar-refractivity contribution in [2.45, 2.75) is 6.92 Å². The van der Waals surface area contributed by atoms with Gasteiger partial charge in [-0.2, -0.15) is 0 Å². The molecule has 3 rings (SSSR count). The number of aromatic hydroxyl groups is 1. The van der Waals surface area contributed by atoms with Gasteiger partial charge in [0, 0.05) is 0 Å². The Balaban J connectivity index is 2.01. The molecule has 0 aliphatic rings. The lowest BCUT2D eigenvalue weighted by molar-refractivity contribution is 0.432. The zero-order valence-corrected chi connectivity index (χ0v) is 14.3. The minimum Gasteiger partial charge on any atom is -0.494 e. The highest BCUT2D eigenvalue weighted by Crippen LogP contribution is 2.21. The third-order valence-corrected chi connectivity index (χ3v) is 3.84. The molecule has 0 saturated heterocycles. The maximum Gasteiger partial charge on any atom is 0.262 e. The van der Waals surface area contributed by atoms with Gasteiger partial charge >= 0.3 is 0 Å². The van der Waals surface area contributed by atoms with Gasteiger partial charge in [-0.15, -0.1) is 0 Å². The van der Waals surface area contributed by atoms with Crippen LogP contribution in [0.4, 0.5) is 0 Å². The molecular weight excluding hydrogens is 336 g/mol. The lowest BCUT2D eigenvalue weighted by Gasteiger charge is -2.11. The fourth-order valence-corrected chi connectivity index (χ4v) is 2.67. The molecule has 2 aromatic heterocycles. The van der Waals surface area contributed by atoms with Gasteiger partial charge in [-0.05, 0) is 61.1 Å². The van der Waals surface area contributed by atoms with Crippen LogP contribution in [0.3, 0.4) is 0 Å². The quantitative estimate of drug-likeness (QED) is 0.544. The number of nitrogens with one attached hydrogen (secondary N) is 1. The van der Waals surface area contributed by atoms with Gasteiger partial charge in [-0.3, -0.25) is 14.3 Å². The molecule has 0 saturated carbocycles. The van der Waals surface area contributed by atoms with Crippen LogP contribution in [-0.2, 0) is 0 Å². The summed E-state index contributed by atoms with van der Waals surface area (Å²) in [7, 11) is 0.